The highest BCUT2D eigenvalue weighted by Crippen LogP contribution is 2.35. The summed E-state index contributed by atoms with van der Waals surface area (Å²) in [5.41, 5.74) is 1.40. The average molecular weight is 315 g/mol. The molecule has 3 aromatic rings. The van der Waals surface area contributed by atoms with Gasteiger partial charge in [-0.25, -0.2) is 13.2 Å². The number of carbonyl (C=O) groups is 1. The summed E-state index contributed by atoms with van der Waals surface area (Å²) in [7, 11) is -3.31. The molecule has 0 spiro atoms. The van der Waals surface area contributed by atoms with Crippen LogP contribution >= 0.6 is 0 Å². The summed E-state index contributed by atoms with van der Waals surface area (Å²) in [4.78, 5) is 11.8. The van der Waals surface area contributed by atoms with Crippen LogP contribution in [0.25, 0.3) is 16.4 Å². The van der Waals surface area contributed by atoms with Crippen LogP contribution in [0.1, 0.15) is 23.2 Å². The number of para-hydroxylation sites is 1. The molecular formula is C16H13NO4S. The van der Waals surface area contributed by atoms with E-state index in [-0.39, 0.29) is 15.7 Å². The maximum atomic E-state index is 12.4. The van der Waals surface area contributed by atoms with Crippen LogP contribution in [0.15, 0.2) is 47.5 Å². The van der Waals surface area contributed by atoms with Crippen molar-refractivity contribution in [3.05, 3.63) is 48.2 Å². The van der Waals surface area contributed by atoms with Gasteiger partial charge in [-0.1, -0.05) is 18.2 Å². The molecule has 5 nitrogen and oxygen atoms in total. The highest BCUT2D eigenvalue weighted by atomic mass is 32.2. The second kappa shape index (κ2) is 4.33. The zero-order chi connectivity index (χ0) is 15.5. The first-order valence-electron chi connectivity index (χ1n) is 7.00. The van der Waals surface area contributed by atoms with Gasteiger partial charge in [0, 0.05) is 11.6 Å². The average Bonchev–Trinajstić information content (AvgIpc) is 3.29. The molecule has 112 valence electrons. The summed E-state index contributed by atoms with van der Waals surface area (Å²) in [5, 5.41) is 9.79. The molecule has 0 bridgehead atoms. The highest BCUT2D eigenvalue weighted by molar-refractivity contribution is 7.92. The Morgan fingerprint density at radius 3 is 2.50 bits per heavy atom. The molecule has 0 atom stereocenters. The van der Waals surface area contributed by atoms with E-state index < -0.39 is 15.8 Å². The lowest BCUT2D eigenvalue weighted by Crippen LogP contribution is -2.08. The van der Waals surface area contributed by atoms with E-state index in [0.717, 1.165) is 0 Å². The van der Waals surface area contributed by atoms with E-state index in [9.17, 15) is 18.3 Å². The van der Waals surface area contributed by atoms with Crippen molar-refractivity contribution in [3.8, 4) is 0 Å². The van der Waals surface area contributed by atoms with Crippen LogP contribution in [0, 0.1) is 0 Å². The van der Waals surface area contributed by atoms with E-state index in [0.29, 0.717) is 29.3 Å². The van der Waals surface area contributed by atoms with Crippen molar-refractivity contribution in [3.63, 3.8) is 0 Å². The first-order chi connectivity index (χ1) is 10.5. The standard InChI is InChI=1S/C16H13NO4S/c18-16(19)15-12-3-1-2-4-13(12)17-9-11(7-8-14(15)17)22(20,21)10-5-6-10/h1-4,7-10H,5-6H2,(H,18,19). The Labute approximate surface area is 126 Å². The lowest BCUT2D eigenvalue weighted by molar-refractivity contribution is 0.0701. The monoisotopic (exact) mass is 315 g/mol. The van der Waals surface area contributed by atoms with E-state index >= 15 is 0 Å². The molecule has 1 aromatic carbocycles. The fraction of sp³-hybridized carbons (Fsp3) is 0.188. The quantitative estimate of drug-likeness (QED) is 0.806. The van der Waals surface area contributed by atoms with Gasteiger partial charge in [-0.05, 0) is 31.0 Å². The van der Waals surface area contributed by atoms with Crippen molar-refractivity contribution in [2.75, 3.05) is 0 Å². The molecule has 4 rings (SSSR count). The Morgan fingerprint density at radius 2 is 1.82 bits per heavy atom. The number of pyridine rings is 1. The van der Waals surface area contributed by atoms with Crippen molar-refractivity contribution in [2.24, 2.45) is 0 Å². The Hall–Kier alpha value is -2.34. The van der Waals surface area contributed by atoms with E-state index in [2.05, 4.69) is 0 Å². The minimum Gasteiger partial charge on any atom is -0.478 e. The molecule has 0 amide bonds. The number of fused-ring (bicyclic) bond motifs is 3. The van der Waals surface area contributed by atoms with Gasteiger partial charge in [0.25, 0.3) is 0 Å². The lowest BCUT2D eigenvalue weighted by Gasteiger charge is -2.05. The summed E-state index contributed by atoms with van der Waals surface area (Å²) in [5.74, 6) is -1.02. The number of aromatic carboxylic acids is 1. The van der Waals surface area contributed by atoms with Gasteiger partial charge in [-0.2, -0.15) is 0 Å². The van der Waals surface area contributed by atoms with Crippen molar-refractivity contribution in [1.29, 1.82) is 0 Å². The highest BCUT2D eigenvalue weighted by Gasteiger charge is 2.37. The van der Waals surface area contributed by atoms with E-state index in [4.69, 9.17) is 0 Å². The first kappa shape index (κ1) is 13.3. The lowest BCUT2D eigenvalue weighted by atomic mass is 10.1. The smallest absolute Gasteiger partial charge is 0.338 e. The van der Waals surface area contributed by atoms with Crippen molar-refractivity contribution in [2.45, 2.75) is 23.0 Å². The Bertz CT molecular complexity index is 1030. The van der Waals surface area contributed by atoms with Crippen LogP contribution in [-0.4, -0.2) is 29.1 Å². The fourth-order valence-electron chi connectivity index (χ4n) is 2.88. The number of sulfone groups is 1. The number of nitrogens with zero attached hydrogens (tertiary/aromatic N) is 1. The third-order valence-corrected chi connectivity index (χ3v) is 6.36. The zero-order valence-corrected chi connectivity index (χ0v) is 12.4. The summed E-state index contributed by atoms with van der Waals surface area (Å²) in [6.45, 7) is 0. The van der Waals surface area contributed by atoms with Crippen LogP contribution < -0.4 is 0 Å². The minimum atomic E-state index is -3.31. The predicted molar refractivity (Wildman–Crippen MR) is 82.1 cm³/mol. The summed E-state index contributed by atoms with van der Waals surface area (Å²) < 4.78 is 26.4. The van der Waals surface area contributed by atoms with Gasteiger partial charge < -0.3 is 9.51 Å². The van der Waals surface area contributed by atoms with Gasteiger partial charge in [0.05, 0.1) is 26.7 Å². The topological polar surface area (TPSA) is 75.8 Å². The predicted octanol–water partition coefficient (Wildman–Crippen LogP) is 2.73. The first-order valence-corrected chi connectivity index (χ1v) is 8.55. The summed E-state index contributed by atoms with van der Waals surface area (Å²) >= 11 is 0. The fourth-order valence-corrected chi connectivity index (χ4v) is 4.53. The Balaban J connectivity index is 2.09. The summed E-state index contributed by atoms with van der Waals surface area (Å²) in [6.07, 6.45) is 2.94. The molecule has 2 aromatic heterocycles. The number of aromatic nitrogens is 1. The van der Waals surface area contributed by atoms with Crippen LogP contribution in [0.3, 0.4) is 0 Å². The van der Waals surface area contributed by atoms with Gasteiger partial charge in [-0.3, -0.25) is 0 Å². The molecular weight excluding hydrogens is 302 g/mol. The zero-order valence-electron chi connectivity index (χ0n) is 11.6. The number of hydrogen-bond donors (Lipinski definition) is 1. The molecule has 0 radical (unpaired) electrons. The molecule has 0 saturated heterocycles. The number of carboxylic acid groups (broad SMARTS) is 1. The molecule has 1 fully saturated rings. The molecule has 0 aliphatic heterocycles. The third-order valence-electron chi connectivity index (χ3n) is 4.12. The molecule has 6 heteroatoms. The van der Waals surface area contributed by atoms with Crippen LogP contribution in [-0.2, 0) is 9.84 Å². The van der Waals surface area contributed by atoms with E-state index in [1.54, 1.807) is 28.7 Å². The third kappa shape index (κ3) is 1.77. The minimum absolute atomic E-state index is 0.200. The molecule has 2 heterocycles. The van der Waals surface area contributed by atoms with Gasteiger partial charge >= 0.3 is 5.97 Å². The number of carboxylic acids is 1. The largest absolute Gasteiger partial charge is 0.478 e. The van der Waals surface area contributed by atoms with Crippen molar-refractivity contribution in [1.82, 2.24) is 4.40 Å². The second-order valence-electron chi connectivity index (χ2n) is 5.56. The molecule has 1 saturated carbocycles. The number of benzene rings is 1. The molecule has 1 aliphatic rings. The second-order valence-corrected chi connectivity index (χ2v) is 7.79. The molecule has 22 heavy (non-hydrogen) atoms. The maximum absolute atomic E-state index is 12.4. The van der Waals surface area contributed by atoms with Crippen LogP contribution in [0.4, 0.5) is 0 Å². The van der Waals surface area contributed by atoms with Crippen molar-refractivity contribution < 1.29 is 18.3 Å². The number of hydrogen-bond acceptors (Lipinski definition) is 3. The molecule has 0 unspecified atom stereocenters. The Morgan fingerprint density at radius 1 is 1.09 bits per heavy atom. The summed E-state index contributed by atoms with van der Waals surface area (Å²) in [6, 6.07) is 10.2. The Kier molecular flexibility index (Phi) is 2.62. The SMILES string of the molecule is O=C(O)c1c2ccccc2n2cc(S(=O)(=O)C3CC3)ccc12. The molecule has 1 aliphatic carbocycles. The van der Waals surface area contributed by atoms with Gasteiger partial charge in [0.1, 0.15) is 0 Å². The number of rotatable bonds is 3. The molecule has 1 N–H and O–H groups in total. The van der Waals surface area contributed by atoms with Crippen molar-refractivity contribution >= 4 is 32.2 Å². The maximum Gasteiger partial charge on any atom is 0.338 e. The normalized spacial score (nSPS) is 15.5. The van der Waals surface area contributed by atoms with Crippen LogP contribution in [0.2, 0.25) is 0 Å². The van der Waals surface area contributed by atoms with Gasteiger partial charge in [-0.15, -0.1) is 0 Å². The van der Waals surface area contributed by atoms with E-state index in [1.165, 1.54) is 12.3 Å². The van der Waals surface area contributed by atoms with E-state index in [1.807, 2.05) is 6.07 Å². The van der Waals surface area contributed by atoms with Gasteiger partial charge in [0.2, 0.25) is 0 Å². The van der Waals surface area contributed by atoms with Gasteiger partial charge in [0.15, 0.2) is 9.84 Å². The van der Waals surface area contributed by atoms with Crippen LogP contribution in [0.5, 0.6) is 0 Å².